The van der Waals surface area contributed by atoms with Crippen LogP contribution in [0.2, 0.25) is 10.0 Å². The maximum atomic E-state index is 13.1. The van der Waals surface area contributed by atoms with Crippen LogP contribution >= 0.6 is 23.2 Å². The molecular weight excluding hydrogens is 415 g/mol. The highest BCUT2D eigenvalue weighted by Gasteiger charge is 2.26. The van der Waals surface area contributed by atoms with Crippen molar-refractivity contribution in [2.24, 2.45) is 0 Å². The Morgan fingerprint density at radius 2 is 1.93 bits per heavy atom. The van der Waals surface area contributed by atoms with Gasteiger partial charge in [0.25, 0.3) is 6.23 Å². The highest BCUT2D eigenvalue weighted by molar-refractivity contribution is 6.36. The fraction of sp³-hybridized carbons (Fsp3) is 0.200. The molecule has 1 aromatic heterocycles. The molecule has 29 heavy (non-hydrogen) atoms. The average molecular weight is 433 g/mol. The molecule has 0 amide bonds. The number of hydrogen-bond acceptors (Lipinski definition) is 5. The van der Waals surface area contributed by atoms with Crippen LogP contribution in [0.5, 0.6) is 5.75 Å². The van der Waals surface area contributed by atoms with E-state index in [2.05, 4.69) is 10.1 Å². The summed E-state index contributed by atoms with van der Waals surface area (Å²) >= 11 is 12.1. The Balaban J connectivity index is 1.87. The molecule has 0 unspecified atom stereocenters. The minimum atomic E-state index is -1.11. The molecule has 0 bridgehead atoms. The van der Waals surface area contributed by atoms with Crippen LogP contribution in [0.15, 0.2) is 55.1 Å². The molecule has 150 valence electrons. The number of carbonyl (C=O) groups is 1. The molecule has 1 heterocycles. The average Bonchev–Trinajstić information content (AvgIpc) is 3.21. The van der Waals surface area contributed by atoms with E-state index in [4.69, 9.17) is 27.9 Å². The van der Waals surface area contributed by atoms with Crippen molar-refractivity contribution in [2.45, 2.75) is 26.1 Å². The summed E-state index contributed by atoms with van der Waals surface area (Å²) in [7, 11) is 0. The number of ketones is 1. The van der Waals surface area contributed by atoms with E-state index >= 15 is 0 Å². The quantitative estimate of drug-likeness (QED) is 0.182. The largest absolute Gasteiger partial charge is 0.624 e. The number of hydroxylamine groups is 1. The van der Waals surface area contributed by atoms with E-state index in [0.29, 0.717) is 16.3 Å². The molecule has 0 aliphatic carbocycles. The molecule has 0 spiro atoms. The van der Waals surface area contributed by atoms with Gasteiger partial charge in [-0.2, -0.15) is 5.10 Å². The number of hydrogen-bond donors (Lipinski definition) is 0. The van der Waals surface area contributed by atoms with Crippen molar-refractivity contribution in [1.82, 2.24) is 14.8 Å². The molecule has 0 aliphatic heterocycles. The van der Waals surface area contributed by atoms with E-state index < -0.39 is 12.0 Å². The second-order valence-corrected chi connectivity index (χ2v) is 7.33. The third kappa shape index (κ3) is 5.13. The highest BCUT2D eigenvalue weighted by atomic mass is 35.5. The maximum Gasteiger partial charge on any atom is 0.256 e. The van der Waals surface area contributed by atoms with E-state index in [9.17, 15) is 10.0 Å². The summed E-state index contributed by atoms with van der Waals surface area (Å²) in [5, 5.41) is 16.4. The van der Waals surface area contributed by atoms with Crippen molar-refractivity contribution in [2.75, 3.05) is 0 Å². The zero-order chi connectivity index (χ0) is 21.0. The summed E-state index contributed by atoms with van der Waals surface area (Å²) in [5.74, 6) is 0.0152. The lowest BCUT2D eigenvalue weighted by molar-refractivity contribution is -0.487. The smallest absolute Gasteiger partial charge is 0.256 e. The Bertz CT molecular complexity index is 1020. The highest BCUT2D eigenvalue weighted by Crippen LogP contribution is 2.26. The van der Waals surface area contributed by atoms with Crippen molar-refractivity contribution < 1.29 is 14.3 Å². The van der Waals surface area contributed by atoms with Gasteiger partial charge in [-0.15, -0.1) is 0 Å². The summed E-state index contributed by atoms with van der Waals surface area (Å²) in [6.45, 7) is 3.61. The van der Waals surface area contributed by atoms with Crippen LogP contribution in [0.3, 0.4) is 0 Å². The molecule has 1 atom stereocenters. The molecule has 9 heteroatoms. The standard InChI is InChI=1S/C20H18Cl2N4O3/c1-13(2)26(28)10-14-3-6-16(7-4-14)29-20(25-12-23-11-24-25)19(27)17-8-5-15(21)9-18(17)22/h3-13,20H,1-2H3/b26-10-/t20-/m1/s1. The van der Waals surface area contributed by atoms with Crippen LogP contribution in [0, 0.1) is 5.21 Å². The topological polar surface area (TPSA) is 83.1 Å². The van der Waals surface area contributed by atoms with E-state index in [1.807, 2.05) is 0 Å². The van der Waals surface area contributed by atoms with E-state index in [1.54, 1.807) is 44.2 Å². The Morgan fingerprint density at radius 3 is 2.52 bits per heavy atom. The summed E-state index contributed by atoms with van der Waals surface area (Å²) in [5.41, 5.74) is 0.964. The number of rotatable bonds is 7. The van der Waals surface area contributed by atoms with Gasteiger partial charge in [0.2, 0.25) is 5.78 Å². The van der Waals surface area contributed by atoms with Gasteiger partial charge in [0.15, 0.2) is 12.3 Å². The van der Waals surface area contributed by atoms with Crippen molar-refractivity contribution in [3.63, 3.8) is 0 Å². The Hall–Kier alpha value is -2.90. The minimum absolute atomic E-state index is 0.163. The van der Waals surface area contributed by atoms with Crippen LogP contribution in [-0.2, 0) is 0 Å². The number of ether oxygens (including phenoxy) is 1. The van der Waals surface area contributed by atoms with Crippen molar-refractivity contribution in [3.05, 3.63) is 81.5 Å². The van der Waals surface area contributed by atoms with Crippen LogP contribution in [0.4, 0.5) is 0 Å². The fourth-order valence-electron chi connectivity index (χ4n) is 2.45. The van der Waals surface area contributed by atoms with Gasteiger partial charge in [-0.3, -0.25) is 4.79 Å². The molecule has 2 aromatic carbocycles. The van der Waals surface area contributed by atoms with Gasteiger partial charge in [-0.05, 0) is 56.3 Å². The van der Waals surface area contributed by atoms with Crippen LogP contribution < -0.4 is 4.74 Å². The van der Waals surface area contributed by atoms with Crippen LogP contribution in [-0.4, -0.2) is 37.5 Å². The van der Waals surface area contributed by atoms with Crippen LogP contribution in [0.25, 0.3) is 0 Å². The first-order chi connectivity index (χ1) is 13.8. The molecule has 3 rings (SSSR count). The molecule has 0 fully saturated rings. The predicted molar refractivity (Wildman–Crippen MR) is 111 cm³/mol. The monoisotopic (exact) mass is 432 g/mol. The van der Waals surface area contributed by atoms with Gasteiger partial charge in [-0.25, -0.2) is 14.4 Å². The zero-order valence-corrected chi connectivity index (χ0v) is 17.2. The SMILES string of the molecule is CC(C)/[N+]([O-])=C/c1ccc(O[C@H](C(=O)c2ccc(Cl)cc2Cl)n2cncn2)cc1. The lowest BCUT2D eigenvalue weighted by atomic mass is 10.1. The van der Waals surface area contributed by atoms with Gasteiger partial charge in [-0.1, -0.05) is 23.2 Å². The number of carbonyl (C=O) groups excluding carboxylic acids is 1. The first-order valence-corrected chi connectivity index (χ1v) is 9.51. The minimum Gasteiger partial charge on any atom is -0.624 e. The number of aromatic nitrogens is 3. The van der Waals surface area contributed by atoms with Gasteiger partial charge in [0, 0.05) is 16.1 Å². The number of Topliss-reactive ketones (excluding diaryl/α,β-unsaturated/α-hetero) is 1. The lowest BCUT2D eigenvalue weighted by Gasteiger charge is -2.18. The second-order valence-electron chi connectivity index (χ2n) is 6.49. The Kier molecular flexibility index (Phi) is 6.51. The zero-order valence-electron chi connectivity index (χ0n) is 15.7. The molecule has 0 N–H and O–H groups in total. The van der Waals surface area contributed by atoms with Crippen molar-refractivity contribution in [3.8, 4) is 5.75 Å². The summed E-state index contributed by atoms with van der Waals surface area (Å²) in [6, 6.07) is 11.2. The normalized spacial score (nSPS) is 12.8. The van der Waals surface area contributed by atoms with Gasteiger partial charge in [0.1, 0.15) is 18.4 Å². The van der Waals surface area contributed by atoms with Gasteiger partial charge in [0.05, 0.1) is 5.02 Å². The number of halogens is 2. The summed E-state index contributed by atoms with van der Waals surface area (Å²) in [6.07, 6.45) is 3.06. The second kappa shape index (κ2) is 9.07. The van der Waals surface area contributed by atoms with Crippen molar-refractivity contribution in [1.29, 1.82) is 0 Å². The summed E-state index contributed by atoms with van der Waals surface area (Å²) in [4.78, 5) is 17.0. The lowest BCUT2D eigenvalue weighted by Crippen LogP contribution is -2.26. The Labute approximate surface area is 177 Å². The van der Waals surface area contributed by atoms with Gasteiger partial charge < -0.3 is 9.94 Å². The fourth-order valence-corrected chi connectivity index (χ4v) is 2.95. The van der Waals surface area contributed by atoms with Crippen molar-refractivity contribution >= 4 is 35.2 Å². The third-order valence-electron chi connectivity index (χ3n) is 4.01. The maximum absolute atomic E-state index is 13.1. The van der Waals surface area contributed by atoms with E-state index in [-0.39, 0.29) is 16.6 Å². The van der Waals surface area contributed by atoms with Crippen LogP contribution in [0.1, 0.15) is 36.0 Å². The van der Waals surface area contributed by atoms with E-state index in [0.717, 1.165) is 4.74 Å². The molecule has 0 aliphatic rings. The number of benzene rings is 2. The summed E-state index contributed by atoms with van der Waals surface area (Å²) < 4.78 is 8.04. The molecule has 0 saturated heterocycles. The Morgan fingerprint density at radius 1 is 1.21 bits per heavy atom. The predicted octanol–water partition coefficient (Wildman–Crippen LogP) is 4.38. The molecule has 3 aromatic rings. The number of nitrogens with zero attached hydrogens (tertiary/aromatic N) is 4. The van der Waals surface area contributed by atoms with Gasteiger partial charge >= 0.3 is 0 Å². The molecule has 0 saturated carbocycles. The first-order valence-electron chi connectivity index (χ1n) is 8.75. The third-order valence-corrected chi connectivity index (χ3v) is 4.56. The first kappa shape index (κ1) is 20.8. The molecule has 7 nitrogen and oxygen atoms in total. The molecular formula is C20H18Cl2N4O3. The molecule has 0 radical (unpaired) electrons. The van der Waals surface area contributed by atoms with E-state index in [1.165, 1.54) is 35.7 Å².